The van der Waals surface area contributed by atoms with E-state index in [2.05, 4.69) is 15.6 Å². The molecule has 5 rings (SSSR count). The van der Waals surface area contributed by atoms with Crippen LogP contribution in [0.15, 0.2) is 12.1 Å². The Bertz CT molecular complexity index is 1170. The van der Waals surface area contributed by atoms with Gasteiger partial charge in [0.15, 0.2) is 0 Å². The van der Waals surface area contributed by atoms with Gasteiger partial charge < -0.3 is 19.9 Å². The van der Waals surface area contributed by atoms with E-state index in [0.29, 0.717) is 43.2 Å². The van der Waals surface area contributed by atoms with E-state index in [4.69, 9.17) is 16.3 Å². The third-order valence-electron chi connectivity index (χ3n) is 7.54. The molecule has 0 spiro atoms. The molecule has 200 valence electrons. The van der Waals surface area contributed by atoms with Gasteiger partial charge in [0.25, 0.3) is 6.43 Å². The Balaban J connectivity index is 1.49. The lowest BCUT2D eigenvalue weighted by Gasteiger charge is -2.42. The summed E-state index contributed by atoms with van der Waals surface area (Å²) >= 11 is 6.61. The maximum absolute atomic E-state index is 13.7. The molecular weight excluding hydrogens is 506 g/mol. The smallest absolute Gasteiger partial charge is 0.282 e. The number of carbonyl (C=O) groups excluding carboxylic acids is 2. The van der Waals surface area contributed by atoms with Crippen LogP contribution >= 0.6 is 11.6 Å². The lowest BCUT2D eigenvalue weighted by atomic mass is 9.89. The summed E-state index contributed by atoms with van der Waals surface area (Å²) in [7, 11) is 1.41. The van der Waals surface area contributed by atoms with E-state index in [9.17, 15) is 18.4 Å². The molecule has 2 amide bonds. The fourth-order valence-corrected chi connectivity index (χ4v) is 5.91. The molecule has 0 radical (unpaired) electrons. The highest BCUT2D eigenvalue weighted by Crippen LogP contribution is 2.42. The largest absolute Gasteiger partial charge is 0.487 e. The first-order valence-electron chi connectivity index (χ1n) is 12.8. The number of amides is 2. The van der Waals surface area contributed by atoms with E-state index in [-0.39, 0.29) is 35.9 Å². The Hall–Kier alpha value is -2.79. The third kappa shape index (κ3) is 5.16. The zero-order valence-corrected chi connectivity index (χ0v) is 21.5. The van der Waals surface area contributed by atoms with Crippen molar-refractivity contribution in [1.82, 2.24) is 30.1 Å². The topological polar surface area (TPSA) is 92.6 Å². The second kappa shape index (κ2) is 10.9. The quantitative estimate of drug-likeness (QED) is 0.584. The molecule has 0 bridgehead atoms. The molecule has 2 atom stereocenters. The van der Waals surface area contributed by atoms with Crippen molar-refractivity contribution in [3.05, 3.63) is 39.7 Å². The molecule has 1 N–H and O–H groups in total. The van der Waals surface area contributed by atoms with Crippen LogP contribution in [0.5, 0.6) is 5.75 Å². The van der Waals surface area contributed by atoms with Crippen LogP contribution in [-0.4, -0.2) is 68.8 Å². The van der Waals surface area contributed by atoms with Crippen LogP contribution < -0.4 is 10.1 Å². The number of hydrogen-bond donors (Lipinski definition) is 1. The predicted molar refractivity (Wildman–Crippen MR) is 131 cm³/mol. The Kier molecular flexibility index (Phi) is 7.62. The molecular formula is C25H31ClF2N6O3. The summed E-state index contributed by atoms with van der Waals surface area (Å²) in [5.74, 6) is 0.499. The van der Waals surface area contributed by atoms with Gasteiger partial charge in [-0.1, -0.05) is 23.2 Å². The van der Waals surface area contributed by atoms with Gasteiger partial charge in [0.05, 0.1) is 12.1 Å². The highest BCUT2D eigenvalue weighted by molar-refractivity contribution is 6.31. The van der Waals surface area contributed by atoms with Gasteiger partial charge >= 0.3 is 0 Å². The Morgan fingerprint density at radius 1 is 1.24 bits per heavy atom. The van der Waals surface area contributed by atoms with Crippen molar-refractivity contribution in [2.24, 2.45) is 7.05 Å². The SMILES string of the molecule is Cn1nnc(COc2ccc(Cl)c3c2[C@@H](CN2CCCC2=O)N(C(=O)[C@@H]2CCCCN2)CC3)c1C(F)F. The standard InChI is InChI=1S/C25H31ClF2N6O3/c1-32-23(24(27)28)18(30-31-32)14-37-20-8-7-16(26)15-9-12-34(25(36)17-5-2-3-10-29-17)19(22(15)20)13-33-11-4-6-21(33)35/h7-8,17,19,24,29H,2-6,9-14H2,1H3/t17-,19+/m0/s1. The van der Waals surface area contributed by atoms with Gasteiger partial charge in [-0.2, -0.15) is 0 Å². The number of benzene rings is 1. The Labute approximate surface area is 219 Å². The van der Waals surface area contributed by atoms with E-state index in [0.717, 1.165) is 48.0 Å². The van der Waals surface area contributed by atoms with Crippen molar-refractivity contribution < 1.29 is 23.1 Å². The van der Waals surface area contributed by atoms with Crippen LogP contribution in [0.4, 0.5) is 8.78 Å². The maximum Gasteiger partial charge on any atom is 0.282 e. The first-order chi connectivity index (χ1) is 17.8. The molecule has 4 heterocycles. The average Bonchev–Trinajstić information content (AvgIpc) is 3.48. The molecule has 12 heteroatoms. The number of carbonyl (C=O) groups is 2. The van der Waals surface area contributed by atoms with Crippen LogP contribution in [0.25, 0.3) is 0 Å². The first kappa shape index (κ1) is 25.8. The number of hydrogen-bond acceptors (Lipinski definition) is 6. The lowest BCUT2D eigenvalue weighted by Crippen LogP contribution is -2.53. The number of halogens is 3. The number of aromatic nitrogens is 3. The average molecular weight is 537 g/mol. The molecule has 3 aliphatic rings. The normalized spacial score (nSPS) is 22.0. The van der Waals surface area contributed by atoms with E-state index >= 15 is 0 Å². The van der Waals surface area contributed by atoms with Crippen molar-refractivity contribution in [2.75, 3.05) is 26.2 Å². The second-order valence-electron chi connectivity index (χ2n) is 9.82. The van der Waals surface area contributed by atoms with Gasteiger partial charge in [-0.15, -0.1) is 5.10 Å². The maximum atomic E-state index is 13.7. The summed E-state index contributed by atoms with van der Waals surface area (Å²) in [4.78, 5) is 29.9. The van der Waals surface area contributed by atoms with Gasteiger partial charge in [-0.3, -0.25) is 9.59 Å². The van der Waals surface area contributed by atoms with Crippen molar-refractivity contribution in [1.29, 1.82) is 0 Å². The van der Waals surface area contributed by atoms with E-state index < -0.39 is 12.5 Å². The first-order valence-corrected chi connectivity index (χ1v) is 13.1. The highest BCUT2D eigenvalue weighted by atomic mass is 35.5. The summed E-state index contributed by atoms with van der Waals surface area (Å²) in [5, 5.41) is 11.5. The number of piperidine rings is 1. The summed E-state index contributed by atoms with van der Waals surface area (Å²) in [5.41, 5.74) is 1.32. The van der Waals surface area contributed by atoms with Gasteiger partial charge in [-0.25, -0.2) is 13.5 Å². The van der Waals surface area contributed by atoms with Crippen LogP contribution in [0.2, 0.25) is 5.02 Å². The van der Waals surface area contributed by atoms with E-state index in [1.807, 2.05) is 4.90 Å². The van der Waals surface area contributed by atoms with E-state index in [1.54, 1.807) is 17.0 Å². The van der Waals surface area contributed by atoms with Crippen LogP contribution in [0.1, 0.15) is 67.1 Å². The minimum absolute atomic E-state index is 0.00170. The Morgan fingerprint density at radius 3 is 2.78 bits per heavy atom. The molecule has 1 aromatic carbocycles. The number of likely N-dealkylation sites (tertiary alicyclic amines) is 1. The summed E-state index contributed by atoms with van der Waals surface area (Å²) in [6.07, 6.45) is 1.82. The molecule has 2 saturated heterocycles. The molecule has 37 heavy (non-hydrogen) atoms. The number of nitrogens with zero attached hydrogens (tertiary/aromatic N) is 5. The fourth-order valence-electron chi connectivity index (χ4n) is 5.65. The summed E-state index contributed by atoms with van der Waals surface area (Å²) in [6.45, 7) is 2.01. The molecule has 3 aliphatic heterocycles. The second-order valence-corrected chi connectivity index (χ2v) is 10.2. The zero-order chi connectivity index (χ0) is 26.1. The summed E-state index contributed by atoms with van der Waals surface area (Å²) in [6, 6.07) is 2.68. The minimum atomic E-state index is -2.75. The van der Waals surface area contributed by atoms with E-state index in [1.165, 1.54) is 7.05 Å². The number of alkyl halides is 2. The fraction of sp³-hybridized carbons (Fsp3) is 0.600. The van der Waals surface area contributed by atoms with Gasteiger partial charge in [0.2, 0.25) is 11.8 Å². The molecule has 0 unspecified atom stereocenters. The van der Waals surface area contributed by atoms with Gasteiger partial charge in [-0.05, 0) is 49.9 Å². The number of nitrogens with one attached hydrogen (secondary N) is 1. The van der Waals surface area contributed by atoms with Crippen molar-refractivity contribution in [3.8, 4) is 5.75 Å². The third-order valence-corrected chi connectivity index (χ3v) is 7.90. The number of ether oxygens (including phenoxy) is 1. The number of rotatable bonds is 7. The molecule has 0 aliphatic carbocycles. The molecule has 2 aromatic rings. The van der Waals surface area contributed by atoms with Crippen LogP contribution in [0.3, 0.4) is 0 Å². The number of fused-ring (bicyclic) bond motifs is 1. The number of aryl methyl sites for hydroxylation is 1. The van der Waals surface area contributed by atoms with Crippen molar-refractivity contribution >= 4 is 23.4 Å². The van der Waals surface area contributed by atoms with Crippen molar-refractivity contribution in [2.45, 2.75) is 63.6 Å². The zero-order valence-electron chi connectivity index (χ0n) is 20.8. The van der Waals surface area contributed by atoms with Crippen molar-refractivity contribution in [3.63, 3.8) is 0 Å². The molecule has 2 fully saturated rings. The molecule has 1 aromatic heterocycles. The van der Waals surface area contributed by atoms with Gasteiger partial charge in [0.1, 0.15) is 23.7 Å². The lowest BCUT2D eigenvalue weighted by molar-refractivity contribution is -0.139. The molecule has 9 nitrogen and oxygen atoms in total. The molecule has 0 saturated carbocycles. The van der Waals surface area contributed by atoms with Gasteiger partial charge in [0, 0.05) is 43.7 Å². The minimum Gasteiger partial charge on any atom is -0.487 e. The predicted octanol–water partition coefficient (Wildman–Crippen LogP) is 3.18. The summed E-state index contributed by atoms with van der Waals surface area (Å²) < 4.78 is 34.2. The van der Waals surface area contributed by atoms with Crippen LogP contribution in [-0.2, 0) is 29.7 Å². The monoisotopic (exact) mass is 536 g/mol. The Morgan fingerprint density at radius 2 is 2.08 bits per heavy atom. The highest BCUT2D eigenvalue weighted by Gasteiger charge is 2.39. The van der Waals surface area contributed by atoms with Crippen LogP contribution in [0, 0.1) is 0 Å².